The highest BCUT2D eigenvalue weighted by Gasteiger charge is 2.14. The fourth-order valence-corrected chi connectivity index (χ4v) is 1.26. The third-order valence-corrected chi connectivity index (χ3v) is 2.00. The van der Waals surface area contributed by atoms with Gasteiger partial charge in [-0.15, -0.1) is 0 Å². The Morgan fingerprint density at radius 2 is 2.19 bits per heavy atom. The van der Waals surface area contributed by atoms with Crippen molar-refractivity contribution in [1.82, 2.24) is 5.16 Å². The van der Waals surface area contributed by atoms with Gasteiger partial charge in [0.25, 0.3) is 0 Å². The van der Waals surface area contributed by atoms with Crippen molar-refractivity contribution < 1.29 is 14.6 Å². The molecule has 3 N–H and O–H groups in total. The van der Waals surface area contributed by atoms with Gasteiger partial charge in [-0.3, -0.25) is 10.1 Å². The molecular formula is C9H7N3O4. The Balaban J connectivity index is 2.45. The molecule has 0 atom stereocenters. The maximum absolute atomic E-state index is 10.5. The molecule has 2 aromatic rings. The molecule has 1 aromatic heterocycles. The van der Waals surface area contributed by atoms with Crippen LogP contribution in [0.5, 0.6) is 5.75 Å². The van der Waals surface area contributed by atoms with E-state index in [0.29, 0.717) is 11.3 Å². The summed E-state index contributed by atoms with van der Waals surface area (Å²) in [6, 6.07) is 5.33. The molecule has 0 unspecified atom stereocenters. The number of hydrogen-bond donors (Lipinski definition) is 2. The number of aromatic hydroxyl groups is 1. The summed E-state index contributed by atoms with van der Waals surface area (Å²) >= 11 is 0. The van der Waals surface area contributed by atoms with Gasteiger partial charge in [-0.2, -0.15) is 0 Å². The molecule has 82 valence electrons. The highest BCUT2D eigenvalue weighted by molar-refractivity contribution is 5.66. The lowest BCUT2D eigenvalue weighted by Gasteiger charge is -1.98. The molecule has 0 fully saturated rings. The molecule has 0 saturated carbocycles. The van der Waals surface area contributed by atoms with Gasteiger partial charge in [-0.25, -0.2) is 0 Å². The molecule has 0 radical (unpaired) electrons. The van der Waals surface area contributed by atoms with Crippen molar-refractivity contribution >= 4 is 11.6 Å². The first-order chi connectivity index (χ1) is 7.58. The molecule has 0 amide bonds. The highest BCUT2D eigenvalue weighted by atomic mass is 16.6. The number of nitro benzene ring substituents is 1. The van der Waals surface area contributed by atoms with E-state index in [-0.39, 0.29) is 11.6 Å². The minimum atomic E-state index is -0.670. The second-order valence-electron chi connectivity index (χ2n) is 3.08. The minimum Gasteiger partial charge on any atom is -0.502 e. The van der Waals surface area contributed by atoms with Crippen LogP contribution in [0.2, 0.25) is 0 Å². The first-order valence-electron chi connectivity index (χ1n) is 4.28. The molecule has 1 heterocycles. The summed E-state index contributed by atoms with van der Waals surface area (Å²) in [7, 11) is 0. The Morgan fingerprint density at radius 3 is 2.69 bits per heavy atom. The van der Waals surface area contributed by atoms with Crippen LogP contribution in [0.15, 0.2) is 28.8 Å². The maximum atomic E-state index is 10.5. The van der Waals surface area contributed by atoms with Crippen LogP contribution >= 0.6 is 0 Å². The number of nitrogens with two attached hydrogens (primary N) is 1. The van der Waals surface area contributed by atoms with Gasteiger partial charge in [0, 0.05) is 17.7 Å². The number of aromatic nitrogens is 1. The Bertz CT molecular complexity index is 549. The van der Waals surface area contributed by atoms with E-state index in [1.165, 1.54) is 24.3 Å². The smallest absolute Gasteiger partial charge is 0.310 e. The largest absolute Gasteiger partial charge is 0.502 e. The number of phenols is 1. The molecule has 0 bridgehead atoms. The highest BCUT2D eigenvalue weighted by Crippen LogP contribution is 2.31. The molecule has 0 aliphatic carbocycles. The van der Waals surface area contributed by atoms with E-state index in [1.54, 1.807) is 0 Å². The van der Waals surface area contributed by atoms with E-state index >= 15 is 0 Å². The van der Waals surface area contributed by atoms with E-state index in [9.17, 15) is 15.2 Å². The van der Waals surface area contributed by atoms with Crippen LogP contribution in [0.25, 0.3) is 11.3 Å². The second-order valence-corrected chi connectivity index (χ2v) is 3.08. The standard InChI is InChI=1S/C9H7N3O4/c10-9-4-6(11-16-9)5-1-2-7(12(14)15)8(13)3-5/h1-4,13H,10H2. The molecule has 0 spiro atoms. The summed E-state index contributed by atoms with van der Waals surface area (Å²) in [5, 5.41) is 23.5. The second kappa shape index (κ2) is 3.54. The summed E-state index contributed by atoms with van der Waals surface area (Å²) in [5.74, 6) is -0.295. The minimum absolute atomic E-state index is 0.132. The van der Waals surface area contributed by atoms with Gasteiger partial charge in [0.1, 0.15) is 5.69 Å². The first kappa shape index (κ1) is 9.97. The van der Waals surface area contributed by atoms with Crippen LogP contribution in [0.4, 0.5) is 11.6 Å². The van der Waals surface area contributed by atoms with Crippen molar-refractivity contribution in [2.45, 2.75) is 0 Å². The zero-order valence-electron chi connectivity index (χ0n) is 7.95. The molecule has 0 aliphatic rings. The van der Waals surface area contributed by atoms with E-state index in [4.69, 9.17) is 5.73 Å². The van der Waals surface area contributed by atoms with Crippen LogP contribution in [0.3, 0.4) is 0 Å². The fraction of sp³-hybridized carbons (Fsp3) is 0. The van der Waals surface area contributed by atoms with Crippen molar-refractivity contribution in [3.63, 3.8) is 0 Å². The number of hydrogen-bond acceptors (Lipinski definition) is 6. The molecule has 16 heavy (non-hydrogen) atoms. The molecule has 0 saturated heterocycles. The van der Waals surface area contributed by atoms with Gasteiger partial charge in [0.05, 0.1) is 4.92 Å². The van der Waals surface area contributed by atoms with Crippen LogP contribution in [-0.2, 0) is 0 Å². The summed E-state index contributed by atoms with van der Waals surface area (Å²) < 4.78 is 4.65. The number of rotatable bonds is 2. The summed E-state index contributed by atoms with van der Waals surface area (Å²) in [6.45, 7) is 0. The number of nitro groups is 1. The summed E-state index contributed by atoms with van der Waals surface area (Å²) in [6.07, 6.45) is 0. The van der Waals surface area contributed by atoms with E-state index in [2.05, 4.69) is 9.68 Å². The van der Waals surface area contributed by atoms with Gasteiger partial charge in [-0.05, 0) is 12.1 Å². The summed E-state index contributed by atoms with van der Waals surface area (Å²) in [4.78, 5) is 9.79. The Hall–Kier alpha value is -2.57. The SMILES string of the molecule is Nc1cc(-c2ccc([N+](=O)[O-])c(O)c2)no1. The van der Waals surface area contributed by atoms with Crippen LogP contribution < -0.4 is 5.73 Å². The van der Waals surface area contributed by atoms with Gasteiger partial charge < -0.3 is 15.4 Å². The molecule has 2 rings (SSSR count). The third kappa shape index (κ3) is 1.65. The predicted molar refractivity (Wildman–Crippen MR) is 54.7 cm³/mol. The van der Waals surface area contributed by atoms with Crippen molar-refractivity contribution in [1.29, 1.82) is 0 Å². The maximum Gasteiger partial charge on any atom is 0.310 e. The van der Waals surface area contributed by atoms with Gasteiger partial charge in [0.2, 0.25) is 5.88 Å². The zero-order chi connectivity index (χ0) is 11.7. The number of nitrogen functional groups attached to an aromatic ring is 1. The normalized spacial score (nSPS) is 10.2. The van der Waals surface area contributed by atoms with E-state index in [1.807, 2.05) is 0 Å². The zero-order valence-corrected chi connectivity index (χ0v) is 7.95. The van der Waals surface area contributed by atoms with Gasteiger partial charge >= 0.3 is 5.69 Å². The van der Waals surface area contributed by atoms with Crippen LogP contribution in [-0.4, -0.2) is 15.2 Å². The predicted octanol–water partition coefficient (Wildman–Crippen LogP) is 1.54. The van der Waals surface area contributed by atoms with E-state index < -0.39 is 10.7 Å². The molecule has 1 aromatic carbocycles. The van der Waals surface area contributed by atoms with Crippen molar-refractivity contribution in [3.8, 4) is 17.0 Å². The lowest BCUT2D eigenvalue weighted by Crippen LogP contribution is -1.88. The third-order valence-electron chi connectivity index (χ3n) is 2.00. The van der Waals surface area contributed by atoms with Crippen molar-refractivity contribution in [2.24, 2.45) is 0 Å². The number of benzene rings is 1. The molecular weight excluding hydrogens is 214 g/mol. The average molecular weight is 221 g/mol. The Morgan fingerprint density at radius 1 is 1.44 bits per heavy atom. The number of nitrogens with zero attached hydrogens (tertiary/aromatic N) is 2. The van der Waals surface area contributed by atoms with Gasteiger partial charge in [0.15, 0.2) is 5.75 Å². The van der Waals surface area contributed by atoms with E-state index in [0.717, 1.165) is 0 Å². The topological polar surface area (TPSA) is 115 Å². The summed E-state index contributed by atoms with van der Waals surface area (Å²) in [5.41, 5.74) is 5.87. The number of anilines is 1. The Labute approximate surface area is 89.2 Å². The molecule has 7 heteroatoms. The van der Waals surface area contributed by atoms with Crippen molar-refractivity contribution in [2.75, 3.05) is 5.73 Å². The monoisotopic (exact) mass is 221 g/mol. The quantitative estimate of drug-likeness (QED) is 0.586. The number of phenolic OH excluding ortho intramolecular Hbond substituents is 1. The van der Waals surface area contributed by atoms with Crippen LogP contribution in [0.1, 0.15) is 0 Å². The van der Waals surface area contributed by atoms with Gasteiger partial charge in [-0.1, -0.05) is 5.16 Å². The average Bonchev–Trinajstić information content (AvgIpc) is 2.64. The first-order valence-corrected chi connectivity index (χ1v) is 4.28. The fourth-order valence-electron chi connectivity index (χ4n) is 1.26. The lowest BCUT2D eigenvalue weighted by molar-refractivity contribution is -0.385. The molecule has 7 nitrogen and oxygen atoms in total. The van der Waals surface area contributed by atoms with Crippen LogP contribution in [0, 0.1) is 10.1 Å². The Kier molecular flexibility index (Phi) is 2.20. The molecule has 0 aliphatic heterocycles. The van der Waals surface area contributed by atoms with Crippen molar-refractivity contribution in [3.05, 3.63) is 34.4 Å². The lowest BCUT2D eigenvalue weighted by atomic mass is 10.1.